The molecule has 1 rings (SSSR count). The molecule has 0 aliphatic carbocycles. The van der Waals surface area contributed by atoms with Gasteiger partial charge in [0.2, 0.25) is 0 Å². The number of hydrogen-bond acceptors (Lipinski definition) is 3. The Balaban J connectivity index is 2.61. The van der Waals surface area contributed by atoms with Crippen LogP contribution in [0.15, 0.2) is 0 Å². The molecule has 0 unspecified atom stereocenters. The lowest BCUT2D eigenvalue weighted by Crippen LogP contribution is -2.33. The summed E-state index contributed by atoms with van der Waals surface area (Å²) in [7, 11) is -3.17. The smallest absolute Gasteiger partial charge is 0.153 e. The summed E-state index contributed by atoms with van der Waals surface area (Å²) in [5, 5.41) is 8.30. The standard InChI is InChI=1S/C7H10FNO2S/c8-7-5-12(10,11)4-2-6(7)1-3-9/h6-7H,1-2,4-5H2/t6-,7-/m1/s1. The van der Waals surface area contributed by atoms with E-state index in [1.54, 1.807) is 0 Å². The van der Waals surface area contributed by atoms with Crippen LogP contribution in [-0.4, -0.2) is 26.1 Å². The Labute approximate surface area is 71.1 Å². The van der Waals surface area contributed by atoms with Crippen LogP contribution in [-0.2, 0) is 9.84 Å². The summed E-state index contributed by atoms with van der Waals surface area (Å²) in [6, 6.07) is 1.86. The highest BCUT2D eigenvalue weighted by Gasteiger charge is 2.32. The van der Waals surface area contributed by atoms with Gasteiger partial charge < -0.3 is 0 Å². The van der Waals surface area contributed by atoms with Gasteiger partial charge >= 0.3 is 0 Å². The van der Waals surface area contributed by atoms with Crippen LogP contribution in [0.1, 0.15) is 12.8 Å². The molecule has 0 spiro atoms. The van der Waals surface area contributed by atoms with Crippen molar-refractivity contribution in [3.8, 4) is 6.07 Å². The highest BCUT2D eigenvalue weighted by molar-refractivity contribution is 7.91. The van der Waals surface area contributed by atoms with Crippen molar-refractivity contribution in [3.63, 3.8) is 0 Å². The first kappa shape index (κ1) is 9.46. The number of sulfone groups is 1. The lowest BCUT2D eigenvalue weighted by Gasteiger charge is -2.23. The van der Waals surface area contributed by atoms with E-state index >= 15 is 0 Å². The molecule has 1 heterocycles. The maximum absolute atomic E-state index is 13.0. The molecule has 1 aliphatic rings. The van der Waals surface area contributed by atoms with Crippen LogP contribution in [0.5, 0.6) is 0 Å². The normalized spacial score (nSPS) is 34.0. The van der Waals surface area contributed by atoms with Crippen molar-refractivity contribution in [1.29, 1.82) is 5.26 Å². The summed E-state index contributed by atoms with van der Waals surface area (Å²) < 4.78 is 34.8. The Morgan fingerprint density at radius 2 is 2.25 bits per heavy atom. The SMILES string of the molecule is N#CC[C@@H]1CCS(=O)(=O)C[C@H]1F. The van der Waals surface area contributed by atoms with Gasteiger partial charge in [-0.05, 0) is 6.42 Å². The lowest BCUT2D eigenvalue weighted by molar-refractivity contribution is 0.239. The maximum atomic E-state index is 13.0. The maximum Gasteiger partial charge on any atom is 0.153 e. The molecular weight excluding hydrogens is 181 g/mol. The molecule has 3 nitrogen and oxygen atoms in total. The van der Waals surface area contributed by atoms with E-state index in [-0.39, 0.29) is 24.5 Å². The van der Waals surface area contributed by atoms with Crippen molar-refractivity contribution in [2.24, 2.45) is 5.92 Å². The highest BCUT2D eigenvalue weighted by atomic mass is 32.2. The summed E-state index contributed by atoms with van der Waals surface area (Å²) in [4.78, 5) is 0. The molecular formula is C7H10FNO2S. The minimum atomic E-state index is -3.17. The van der Waals surface area contributed by atoms with Crippen LogP contribution < -0.4 is 0 Å². The fourth-order valence-corrected chi connectivity index (χ4v) is 2.91. The molecule has 68 valence electrons. The summed E-state index contributed by atoms with van der Waals surface area (Å²) in [5.74, 6) is -0.752. The first-order valence-corrected chi connectivity index (χ1v) is 5.59. The van der Waals surface area contributed by atoms with E-state index in [0.29, 0.717) is 0 Å². The lowest BCUT2D eigenvalue weighted by atomic mass is 9.98. The van der Waals surface area contributed by atoms with Crippen LogP contribution in [0, 0.1) is 17.2 Å². The van der Waals surface area contributed by atoms with Gasteiger partial charge in [0.05, 0.1) is 17.6 Å². The second kappa shape index (κ2) is 3.40. The summed E-state index contributed by atoms with van der Waals surface area (Å²) in [6.07, 6.45) is -0.934. The fourth-order valence-electron chi connectivity index (χ4n) is 1.32. The molecule has 0 aromatic heterocycles. The quantitative estimate of drug-likeness (QED) is 0.612. The van der Waals surface area contributed by atoms with Gasteiger partial charge in [-0.25, -0.2) is 12.8 Å². The zero-order chi connectivity index (χ0) is 9.19. The van der Waals surface area contributed by atoms with Gasteiger partial charge in [0.1, 0.15) is 6.17 Å². The van der Waals surface area contributed by atoms with E-state index in [9.17, 15) is 12.8 Å². The number of alkyl halides is 1. The van der Waals surface area contributed by atoms with Gasteiger partial charge in [0.15, 0.2) is 9.84 Å². The van der Waals surface area contributed by atoms with Crippen molar-refractivity contribution in [2.45, 2.75) is 19.0 Å². The average Bonchev–Trinajstić information content (AvgIpc) is 1.94. The Hall–Kier alpha value is -0.630. The van der Waals surface area contributed by atoms with Crippen molar-refractivity contribution in [2.75, 3.05) is 11.5 Å². The number of rotatable bonds is 1. The third-order valence-electron chi connectivity index (χ3n) is 2.08. The van der Waals surface area contributed by atoms with Gasteiger partial charge in [-0.15, -0.1) is 0 Å². The molecule has 0 aromatic rings. The Morgan fingerprint density at radius 3 is 2.75 bits per heavy atom. The molecule has 2 atom stereocenters. The molecule has 0 amide bonds. The molecule has 1 fully saturated rings. The molecule has 1 saturated heterocycles. The minimum absolute atomic E-state index is 0.0275. The van der Waals surface area contributed by atoms with Crippen molar-refractivity contribution < 1.29 is 12.8 Å². The van der Waals surface area contributed by atoms with Gasteiger partial charge in [0, 0.05) is 12.3 Å². The van der Waals surface area contributed by atoms with Gasteiger partial charge in [-0.2, -0.15) is 5.26 Å². The first-order chi connectivity index (χ1) is 5.55. The third kappa shape index (κ3) is 2.18. The monoisotopic (exact) mass is 191 g/mol. The summed E-state index contributed by atoms with van der Waals surface area (Å²) >= 11 is 0. The van der Waals surface area contributed by atoms with E-state index in [1.807, 2.05) is 6.07 Å². The van der Waals surface area contributed by atoms with Crippen LogP contribution in [0.2, 0.25) is 0 Å². The van der Waals surface area contributed by atoms with Crippen molar-refractivity contribution in [1.82, 2.24) is 0 Å². The summed E-state index contributed by atoms with van der Waals surface area (Å²) in [6.45, 7) is 0. The average molecular weight is 191 g/mol. The van der Waals surface area contributed by atoms with Crippen molar-refractivity contribution in [3.05, 3.63) is 0 Å². The molecule has 0 radical (unpaired) electrons. The van der Waals surface area contributed by atoms with Gasteiger partial charge in [-0.3, -0.25) is 0 Å². The predicted molar refractivity (Wildman–Crippen MR) is 41.9 cm³/mol. The molecule has 5 heteroatoms. The second-order valence-corrected chi connectivity index (χ2v) is 5.27. The number of nitriles is 1. The van der Waals surface area contributed by atoms with Gasteiger partial charge in [-0.1, -0.05) is 0 Å². The van der Waals surface area contributed by atoms with E-state index < -0.39 is 21.8 Å². The molecule has 0 saturated carbocycles. The zero-order valence-corrected chi connectivity index (χ0v) is 7.35. The number of nitrogens with zero attached hydrogens (tertiary/aromatic N) is 1. The fraction of sp³-hybridized carbons (Fsp3) is 0.857. The van der Waals surface area contributed by atoms with E-state index in [0.717, 1.165) is 0 Å². The molecule has 0 bridgehead atoms. The molecule has 1 aliphatic heterocycles. The van der Waals surface area contributed by atoms with Crippen molar-refractivity contribution >= 4 is 9.84 Å². The Morgan fingerprint density at radius 1 is 1.58 bits per heavy atom. The second-order valence-electron chi connectivity index (χ2n) is 3.04. The third-order valence-corrected chi connectivity index (χ3v) is 3.76. The first-order valence-electron chi connectivity index (χ1n) is 3.76. The van der Waals surface area contributed by atoms with Crippen LogP contribution in [0.3, 0.4) is 0 Å². The van der Waals surface area contributed by atoms with E-state index in [1.165, 1.54) is 0 Å². The van der Waals surface area contributed by atoms with E-state index in [4.69, 9.17) is 5.26 Å². The Bertz CT molecular complexity index is 293. The van der Waals surface area contributed by atoms with Gasteiger partial charge in [0.25, 0.3) is 0 Å². The van der Waals surface area contributed by atoms with Crippen LogP contribution in [0.4, 0.5) is 4.39 Å². The molecule has 12 heavy (non-hydrogen) atoms. The zero-order valence-electron chi connectivity index (χ0n) is 6.53. The number of halogens is 1. The Kier molecular flexibility index (Phi) is 2.68. The van der Waals surface area contributed by atoms with Crippen LogP contribution >= 0.6 is 0 Å². The minimum Gasteiger partial charge on any atom is -0.246 e. The van der Waals surface area contributed by atoms with E-state index in [2.05, 4.69) is 0 Å². The topological polar surface area (TPSA) is 57.9 Å². The largest absolute Gasteiger partial charge is 0.246 e. The number of hydrogen-bond donors (Lipinski definition) is 0. The molecule has 0 aromatic carbocycles. The summed E-state index contributed by atoms with van der Waals surface area (Å²) in [5.41, 5.74) is 0. The predicted octanol–water partition coefficient (Wildman–Crippen LogP) is 0.673. The molecule has 0 N–H and O–H groups in total. The van der Waals surface area contributed by atoms with Crippen LogP contribution in [0.25, 0.3) is 0 Å². The highest BCUT2D eigenvalue weighted by Crippen LogP contribution is 2.24.